The van der Waals surface area contributed by atoms with Gasteiger partial charge in [0, 0.05) is 25.3 Å². The number of hydrogen-bond donors (Lipinski definition) is 1. The lowest BCUT2D eigenvalue weighted by Gasteiger charge is -2.20. The molecule has 0 fully saturated rings. The largest absolute Gasteiger partial charge is 0.433 e. The molecule has 1 aromatic heterocycles. The van der Waals surface area contributed by atoms with Crippen molar-refractivity contribution in [2.75, 3.05) is 25.5 Å². The first kappa shape index (κ1) is 14.7. The fraction of sp³-hybridized carbons (Fsp3) is 0.636. The smallest absolute Gasteiger partial charge is 0.353 e. The van der Waals surface area contributed by atoms with E-state index in [0.29, 0.717) is 19.1 Å². The van der Waals surface area contributed by atoms with Gasteiger partial charge in [0.1, 0.15) is 5.69 Å². The average molecular weight is 262 g/mol. The van der Waals surface area contributed by atoms with Crippen LogP contribution in [-0.2, 0) is 6.18 Å². The minimum Gasteiger partial charge on any atom is -0.353 e. The molecule has 0 spiro atoms. The van der Waals surface area contributed by atoms with E-state index in [9.17, 15) is 13.2 Å². The van der Waals surface area contributed by atoms with Crippen LogP contribution in [0.4, 0.5) is 19.1 Å². The summed E-state index contributed by atoms with van der Waals surface area (Å²) in [4.78, 5) is 9.24. The number of aromatic nitrogens is 2. The fourth-order valence-corrected chi connectivity index (χ4v) is 1.20. The van der Waals surface area contributed by atoms with Crippen LogP contribution in [0.3, 0.4) is 0 Å². The topological polar surface area (TPSA) is 41.0 Å². The molecular formula is C11H17F3N4. The summed E-state index contributed by atoms with van der Waals surface area (Å²) in [6, 6.07) is 1.24. The molecule has 0 amide bonds. The SMILES string of the molecule is CC(C)N(C)CCNc1nccc(C(F)(F)F)n1. The molecule has 1 rings (SSSR count). The molecule has 0 aromatic carbocycles. The molecule has 0 saturated heterocycles. The first-order valence-electron chi connectivity index (χ1n) is 5.65. The second-order valence-corrected chi connectivity index (χ2v) is 4.26. The lowest BCUT2D eigenvalue weighted by molar-refractivity contribution is -0.141. The van der Waals surface area contributed by atoms with Gasteiger partial charge in [-0.2, -0.15) is 13.2 Å². The average Bonchev–Trinajstić information content (AvgIpc) is 2.28. The van der Waals surface area contributed by atoms with Crippen molar-refractivity contribution in [2.45, 2.75) is 26.1 Å². The zero-order chi connectivity index (χ0) is 13.8. The Morgan fingerprint density at radius 1 is 1.39 bits per heavy atom. The Bertz CT molecular complexity index is 379. The summed E-state index contributed by atoms with van der Waals surface area (Å²) in [5.41, 5.74) is -0.933. The van der Waals surface area contributed by atoms with E-state index < -0.39 is 11.9 Å². The summed E-state index contributed by atoms with van der Waals surface area (Å²) in [6.45, 7) is 5.29. The number of likely N-dealkylation sites (N-methyl/N-ethyl adjacent to an activating group) is 1. The maximum Gasteiger partial charge on any atom is 0.433 e. The minimum absolute atomic E-state index is 0.00183. The molecule has 4 nitrogen and oxygen atoms in total. The van der Waals surface area contributed by atoms with Crippen LogP contribution < -0.4 is 5.32 Å². The Morgan fingerprint density at radius 3 is 2.61 bits per heavy atom. The molecule has 1 N–H and O–H groups in total. The molecule has 102 valence electrons. The van der Waals surface area contributed by atoms with Crippen LogP contribution >= 0.6 is 0 Å². The number of nitrogens with one attached hydrogen (secondary N) is 1. The highest BCUT2D eigenvalue weighted by molar-refractivity contribution is 5.25. The lowest BCUT2D eigenvalue weighted by atomic mass is 10.3. The van der Waals surface area contributed by atoms with Gasteiger partial charge in [-0.3, -0.25) is 0 Å². The van der Waals surface area contributed by atoms with Crippen LogP contribution in [0, 0.1) is 0 Å². The molecule has 0 radical (unpaired) electrons. The predicted octanol–water partition coefficient (Wildman–Crippen LogP) is 2.25. The molecular weight excluding hydrogens is 245 g/mol. The molecule has 0 atom stereocenters. The van der Waals surface area contributed by atoms with Crippen molar-refractivity contribution in [1.29, 1.82) is 0 Å². The molecule has 7 heteroatoms. The Morgan fingerprint density at radius 2 is 2.06 bits per heavy atom. The number of hydrogen-bond acceptors (Lipinski definition) is 4. The van der Waals surface area contributed by atoms with Crippen molar-refractivity contribution >= 4 is 5.95 Å². The van der Waals surface area contributed by atoms with Crippen molar-refractivity contribution in [1.82, 2.24) is 14.9 Å². The van der Waals surface area contributed by atoms with Crippen LogP contribution in [0.1, 0.15) is 19.5 Å². The maximum absolute atomic E-state index is 12.4. The van der Waals surface area contributed by atoms with Gasteiger partial charge in [0.15, 0.2) is 0 Å². The van der Waals surface area contributed by atoms with E-state index >= 15 is 0 Å². The molecule has 0 unspecified atom stereocenters. The number of alkyl halides is 3. The molecule has 1 heterocycles. The maximum atomic E-state index is 12.4. The molecule has 0 aliphatic rings. The second kappa shape index (κ2) is 5.99. The van der Waals surface area contributed by atoms with E-state index in [1.807, 2.05) is 20.9 Å². The van der Waals surface area contributed by atoms with Gasteiger partial charge in [-0.15, -0.1) is 0 Å². The highest BCUT2D eigenvalue weighted by atomic mass is 19.4. The molecule has 0 bridgehead atoms. The van der Waals surface area contributed by atoms with Gasteiger partial charge in [-0.25, -0.2) is 9.97 Å². The lowest BCUT2D eigenvalue weighted by Crippen LogP contribution is -2.31. The summed E-state index contributed by atoms with van der Waals surface area (Å²) in [5, 5.41) is 2.78. The van der Waals surface area contributed by atoms with Gasteiger partial charge in [0.05, 0.1) is 0 Å². The van der Waals surface area contributed by atoms with Crippen molar-refractivity contribution in [3.05, 3.63) is 18.0 Å². The van der Waals surface area contributed by atoms with Crippen molar-refractivity contribution in [2.24, 2.45) is 0 Å². The summed E-state index contributed by atoms with van der Waals surface area (Å²) in [5.74, 6) is 0.00183. The van der Waals surface area contributed by atoms with E-state index in [2.05, 4.69) is 20.2 Å². The molecule has 1 aromatic rings. The fourth-order valence-electron chi connectivity index (χ4n) is 1.20. The third kappa shape index (κ3) is 4.48. The van der Waals surface area contributed by atoms with Crippen LogP contribution in [-0.4, -0.2) is 41.0 Å². The quantitative estimate of drug-likeness (QED) is 0.883. The van der Waals surface area contributed by atoms with E-state index in [0.717, 1.165) is 12.3 Å². The van der Waals surface area contributed by atoms with E-state index in [-0.39, 0.29) is 5.95 Å². The van der Waals surface area contributed by atoms with E-state index in [1.165, 1.54) is 0 Å². The van der Waals surface area contributed by atoms with Crippen LogP contribution in [0.5, 0.6) is 0 Å². The first-order chi connectivity index (χ1) is 8.30. The Kier molecular flexibility index (Phi) is 4.89. The summed E-state index contributed by atoms with van der Waals surface area (Å²) < 4.78 is 37.2. The van der Waals surface area contributed by atoms with Crippen molar-refractivity contribution in [3.8, 4) is 0 Å². The van der Waals surface area contributed by atoms with Gasteiger partial charge in [-0.05, 0) is 27.0 Å². The number of halogens is 3. The minimum atomic E-state index is -4.44. The van der Waals surface area contributed by atoms with Crippen LogP contribution in [0.15, 0.2) is 12.3 Å². The zero-order valence-electron chi connectivity index (χ0n) is 10.6. The predicted molar refractivity (Wildman–Crippen MR) is 63.3 cm³/mol. The third-order valence-corrected chi connectivity index (χ3v) is 2.58. The van der Waals surface area contributed by atoms with Gasteiger partial charge < -0.3 is 10.2 Å². The van der Waals surface area contributed by atoms with Crippen molar-refractivity contribution in [3.63, 3.8) is 0 Å². The standard InChI is InChI=1S/C11H17F3N4/c1-8(2)18(3)7-6-16-10-15-5-4-9(17-10)11(12,13)14/h4-5,8H,6-7H2,1-3H3,(H,15,16,17). The van der Waals surface area contributed by atoms with Gasteiger partial charge >= 0.3 is 6.18 Å². The molecule has 0 aliphatic heterocycles. The van der Waals surface area contributed by atoms with E-state index in [1.54, 1.807) is 0 Å². The van der Waals surface area contributed by atoms with Crippen molar-refractivity contribution < 1.29 is 13.2 Å². The number of rotatable bonds is 5. The number of anilines is 1. The molecule has 0 saturated carbocycles. The highest BCUT2D eigenvalue weighted by Crippen LogP contribution is 2.27. The Hall–Kier alpha value is -1.37. The Balaban J connectivity index is 2.53. The third-order valence-electron chi connectivity index (χ3n) is 2.58. The Labute approximate surface area is 104 Å². The van der Waals surface area contributed by atoms with E-state index in [4.69, 9.17) is 0 Å². The summed E-state index contributed by atoms with van der Waals surface area (Å²) >= 11 is 0. The van der Waals surface area contributed by atoms with Gasteiger partial charge in [-0.1, -0.05) is 0 Å². The summed E-state index contributed by atoms with van der Waals surface area (Å²) in [6.07, 6.45) is -3.33. The van der Waals surface area contributed by atoms with Gasteiger partial charge in [0.25, 0.3) is 0 Å². The van der Waals surface area contributed by atoms with Crippen LogP contribution in [0.2, 0.25) is 0 Å². The van der Waals surface area contributed by atoms with Gasteiger partial charge in [0.2, 0.25) is 5.95 Å². The highest BCUT2D eigenvalue weighted by Gasteiger charge is 2.32. The molecule has 18 heavy (non-hydrogen) atoms. The summed E-state index contributed by atoms with van der Waals surface area (Å²) in [7, 11) is 1.94. The number of nitrogens with zero attached hydrogens (tertiary/aromatic N) is 3. The zero-order valence-corrected chi connectivity index (χ0v) is 10.6. The second-order valence-electron chi connectivity index (χ2n) is 4.26. The monoisotopic (exact) mass is 262 g/mol. The first-order valence-corrected chi connectivity index (χ1v) is 5.65. The van der Waals surface area contributed by atoms with Crippen LogP contribution in [0.25, 0.3) is 0 Å². The normalized spacial score (nSPS) is 12.2. The molecule has 0 aliphatic carbocycles.